The average molecular weight is 525 g/mol. The first-order chi connectivity index (χ1) is 17.5. The van der Waals surface area contributed by atoms with Gasteiger partial charge < -0.3 is 54.3 Å². The van der Waals surface area contributed by atoms with Crippen LogP contribution in [0.15, 0.2) is 42.7 Å². The molecule has 0 bridgehead atoms. The molecule has 0 amide bonds. The van der Waals surface area contributed by atoms with E-state index in [9.17, 15) is 35.4 Å². The van der Waals surface area contributed by atoms with Crippen molar-refractivity contribution in [2.45, 2.75) is 67.6 Å². The zero-order valence-electron chi connectivity index (χ0n) is 20.3. The highest BCUT2D eigenvalue weighted by Gasteiger charge is 2.64. The molecule has 2 aliphatic heterocycles. The molecule has 2 heterocycles. The number of ether oxygens (including phenoxy) is 5. The summed E-state index contributed by atoms with van der Waals surface area (Å²) >= 11 is 0. The van der Waals surface area contributed by atoms with E-state index in [0.29, 0.717) is 11.3 Å². The fourth-order valence-electron chi connectivity index (χ4n) is 4.92. The Balaban J connectivity index is 1.39. The van der Waals surface area contributed by atoms with Gasteiger partial charge in [0.1, 0.15) is 42.4 Å². The largest absolute Gasteiger partial charge is 0.497 e. The number of esters is 1. The van der Waals surface area contributed by atoms with Crippen molar-refractivity contribution in [3.8, 4) is 5.75 Å². The highest BCUT2D eigenvalue weighted by atomic mass is 16.8. The molecule has 0 radical (unpaired) electrons. The summed E-state index contributed by atoms with van der Waals surface area (Å²) in [6.45, 7) is 0.919. The van der Waals surface area contributed by atoms with Crippen LogP contribution in [0.1, 0.15) is 18.9 Å². The third kappa shape index (κ3) is 5.52. The smallest absolute Gasteiger partial charge is 0.330 e. The van der Waals surface area contributed by atoms with Crippen molar-refractivity contribution in [1.29, 1.82) is 0 Å². The Morgan fingerprint density at radius 3 is 2.46 bits per heavy atom. The quantitative estimate of drug-likeness (QED) is 0.185. The molecule has 0 unspecified atom stereocenters. The van der Waals surface area contributed by atoms with Gasteiger partial charge in [-0.3, -0.25) is 0 Å². The minimum absolute atomic E-state index is 0.167. The number of aliphatic hydroxyl groups excluding tert-OH is 4. The first kappa shape index (κ1) is 27.5. The Bertz CT molecular complexity index is 1010. The third-order valence-corrected chi connectivity index (χ3v) is 6.98. The number of hydrogen-bond acceptors (Lipinski definition) is 12. The lowest BCUT2D eigenvalue weighted by atomic mass is 9.81. The number of fused-ring (bicyclic) bond motifs is 1. The number of methoxy groups -OCH3 is 1. The zero-order valence-corrected chi connectivity index (χ0v) is 20.3. The molecule has 1 aromatic carbocycles. The van der Waals surface area contributed by atoms with Crippen molar-refractivity contribution in [3.05, 3.63) is 48.2 Å². The van der Waals surface area contributed by atoms with Crippen LogP contribution in [0.25, 0.3) is 6.08 Å². The van der Waals surface area contributed by atoms with Gasteiger partial charge in [0.2, 0.25) is 6.29 Å². The first-order valence-corrected chi connectivity index (χ1v) is 11.8. The second kappa shape index (κ2) is 10.7. The van der Waals surface area contributed by atoms with Crippen molar-refractivity contribution in [2.75, 3.05) is 13.7 Å². The van der Waals surface area contributed by atoms with Crippen molar-refractivity contribution in [1.82, 2.24) is 0 Å². The summed E-state index contributed by atoms with van der Waals surface area (Å²) in [6, 6.07) is 6.92. The van der Waals surface area contributed by atoms with Gasteiger partial charge in [0, 0.05) is 12.5 Å². The van der Waals surface area contributed by atoms with Crippen molar-refractivity contribution in [3.63, 3.8) is 0 Å². The van der Waals surface area contributed by atoms with Crippen LogP contribution in [0.2, 0.25) is 0 Å². The molecule has 12 nitrogen and oxygen atoms in total. The molecule has 1 aliphatic carbocycles. The Hall–Kier alpha value is -2.55. The topological polar surface area (TPSA) is 185 Å². The van der Waals surface area contributed by atoms with Crippen LogP contribution in [-0.4, -0.2) is 105 Å². The molecular formula is C25H32O12. The molecular weight excluding hydrogens is 492 g/mol. The molecule has 0 spiro atoms. The van der Waals surface area contributed by atoms with Crippen molar-refractivity contribution >= 4 is 12.0 Å². The van der Waals surface area contributed by atoms with Crippen LogP contribution in [-0.2, 0) is 23.7 Å². The van der Waals surface area contributed by atoms with E-state index in [1.54, 1.807) is 24.3 Å². The van der Waals surface area contributed by atoms with Crippen LogP contribution in [0.5, 0.6) is 5.75 Å². The van der Waals surface area contributed by atoms with E-state index in [2.05, 4.69) is 0 Å². The molecule has 1 aromatic rings. The Kier molecular flexibility index (Phi) is 7.93. The lowest BCUT2D eigenvalue weighted by molar-refractivity contribution is -0.351. The van der Waals surface area contributed by atoms with Gasteiger partial charge in [0.25, 0.3) is 0 Å². The second-order valence-electron chi connectivity index (χ2n) is 9.64. The molecule has 4 rings (SSSR count). The highest BCUT2D eigenvalue weighted by Crippen LogP contribution is 2.49. The highest BCUT2D eigenvalue weighted by molar-refractivity contribution is 5.87. The summed E-state index contributed by atoms with van der Waals surface area (Å²) in [5.74, 6) is -1.25. The van der Waals surface area contributed by atoms with Gasteiger partial charge in [0.15, 0.2) is 6.29 Å². The third-order valence-electron chi connectivity index (χ3n) is 6.98. The summed E-state index contributed by atoms with van der Waals surface area (Å²) in [5.41, 5.74) is -2.75. The fraction of sp³-hybridized carbons (Fsp3) is 0.560. The molecule has 6 N–H and O–H groups in total. The lowest BCUT2D eigenvalue weighted by Gasteiger charge is -2.45. The van der Waals surface area contributed by atoms with Gasteiger partial charge in [-0.05, 0) is 36.8 Å². The monoisotopic (exact) mass is 524 g/mol. The molecule has 0 aromatic heterocycles. The number of carbonyl (C=O) groups is 1. The first-order valence-electron chi connectivity index (χ1n) is 11.8. The SMILES string of the molecule is COc1ccc(/C=C\C(=O)OC[C@@H]2O[C@H](O[C@@H]3OC=C[C@@]4(O)[C@H](O)C[C@](C)(O)[C@@H]34)[C@@H](O)[C@H](O)[C@H]2O)cc1. The van der Waals surface area contributed by atoms with Gasteiger partial charge in [-0.15, -0.1) is 0 Å². The number of aliphatic hydroxyl groups is 6. The fourth-order valence-corrected chi connectivity index (χ4v) is 4.92. The summed E-state index contributed by atoms with van der Waals surface area (Å²) in [5, 5.41) is 63.1. The molecule has 12 heteroatoms. The summed E-state index contributed by atoms with van der Waals surface area (Å²) < 4.78 is 26.9. The van der Waals surface area contributed by atoms with Gasteiger partial charge in [-0.2, -0.15) is 0 Å². The van der Waals surface area contributed by atoms with Gasteiger partial charge in [0.05, 0.1) is 31.0 Å². The molecule has 37 heavy (non-hydrogen) atoms. The molecule has 1 saturated carbocycles. The van der Waals surface area contributed by atoms with E-state index in [0.717, 1.165) is 6.26 Å². The van der Waals surface area contributed by atoms with Crippen LogP contribution >= 0.6 is 0 Å². The second-order valence-corrected chi connectivity index (χ2v) is 9.64. The summed E-state index contributed by atoms with van der Waals surface area (Å²) in [4.78, 5) is 12.2. The van der Waals surface area contributed by atoms with E-state index in [-0.39, 0.29) is 6.42 Å². The predicted molar refractivity (Wildman–Crippen MR) is 124 cm³/mol. The minimum Gasteiger partial charge on any atom is -0.497 e. The van der Waals surface area contributed by atoms with E-state index >= 15 is 0 Å². The van der Waals surface area contributed by atoms with Crippen molar-refractivity contribution < 1.29 is 59.1 Å². The lowest BCUT2D eigenvalue weighted by Crippen LogP contribution is -2.62. The average Bonchev–Trinajstić information content (AvgIpc) is 3.06. The Labute approximate surface area is 212 Å². The standard InChI is InChI=1S/C25H32O12/c1-24(31)11-16(26)25(32)9-10-34-23(21(24)25)37-22-20(30)19(29)18(28)15(36-22)12-35-17(27)8-5-13-3-6-14(33-2)7-4-13/h3-10,15-16,18-23,26,28-32H,11-12H2,1-2H3/b8-5-/t15-,16+,18-,19+,20-,21+,22+,23-,24-,25+/m0/s1. The van der Waals surface area contributed by atoms with E-state index in [1.807, 2.05) is 0 Å². The van der Waals surface area contributed by atoms with Gasteiger partial charge in [-0.25, -0.2) is 4.79 Å². The molecule has 1 saturated heterocycles. The van der Waals surface area contributed by atoms with Crippen LogP contribution < -0.4 is 4.74 Å². The molecule has 3 aliphatic rings. The van der Waals surface area contributed by atoms with Gasteiger partial charge >= 0.3 is 5.97 Å². The van der Waals surface area contributed by atoms with Crippen LogP contribution in [0, 0.1) is 5.92 Å². The number of rotatable bonds is 7. The van der Waals surface area contributed by atoms with E-state index in [4.69, 9.17) is 23.7 Å². The summed E-state index contributed by atoms with van der Waals surface area (Å²) in [6.07, 6.45) is -5.83. The van der Waals surface area contributed by atoms with Gasteiger partial charge in [-0.1, -0.05) is 12.1 Å². The maximum absolute atomic E-state index is 12.2. The maximum atomic E-state index is 12.2. The number of carbonyl (C=O) groups excluding carboxylic acids is 1. The molecule has 2 fully saturated rings. The predicted octanol–water partition coefficient (Wildman–Crippen LogP) is -1.19. The van der Waals surface area contributed by atoms with Crippen molar-refractivity contribution in [2.24, 2.45) is 5.92 Å². The molecule has 10 atom stereocenters. The molecule has 204 valence electrons. The minimum atomic E-state index is -1.87. The Morgan fingerprint density at radius 1 is 1.08 bits per heavy atom. The normalized spacial score (nSPS) is 41.3. The Morgan fingerprint density at radius 2 is 1.78 bits per heavy atom. The van der Waals surface area contributed by atoms with E-state index in [1.165, 1.54) is 32.3 Å². The van der Waals surface area contributed by atoms with Crippen LogP contribution in [0.3, 0.4) is 0 Å². The van der Waals surface area contributed by atoms with Crippen LogP contribution in [0.4, 0.5) is 0 Å². The van der Waals surface area contributed by atoms with E-state index < -0.39 is 72.8 Å². The summed E-state index contributed by atoms with van der Waals surface area (Å²) in [7, 11) is 1.54. The maximum Gasteiger partial charge on any atom is 0.330 e. The zero-order chi connectivity index (χ0) is 27.0. The number of hydrogen-bond donors (Lipinski definition) is 6. The number of benzene rings is 1.